The van der Waals surface area contributed by atoms with Crippen molar-refractivity contribution in [1.82, 2.24) is 15.3 Å². The topological polar surface area (TPSA) is 151 Å². The van der Waals surface area contributed by atoms with Gasteiger partial charge in [0.15, 0.2) is 0 Å². The predicted octanol–water partition coefficient (Wildman–Crippen LogP) is 2.40. The second-order valence-electron chi connectivity index (χ2n) is 8.96. The fourth-order valence-electron chi connectivity index (χ4n) is 4.48. The van der Waals surface area contributed by atoms with Crippen molar-refractivity contribution >= 4 is 23.3 Å². The van der Waals surface area contributed by atoms with E-state index in [1.54, 1.807) is 36.1 Å². The predicted molar refractivity (Wildman–Crippen MR) is 138 cm³/mol. The van der Waals surface area contributed by atoms with Crippen LogP contribution in [0.4, 0.5) is 11.5 Å². The highest BCUT2D eigenvalue weighted by molar-refractivity contribution is 5.95. The minimum Gasteiger partial charge on any atom is -0.394 e. The van der Waals surface area contributed by atoms with Gasteiger partial charge in [-0.3, -0.25) is 14.6 Å². The van der Waals surface area contributed by atoms with Gasteiger partial charge in [0.25, 0.3) is 5.91 Å². The van der Waals surface area contributed by atoms with Crippen molar-refractivity contribution in [3.05, 3.63) is 71.5 Å². The molecule has 0 saturated carbocycles. The van der Waals surface area contributed by atoms with Crippen molar-refractivity contribution in [3.8, 4) is 17.3 Å². The summed E-state index contributed by atoms with van der Waals surface area (Å²) in [4.78, 5) is 35.4. The van der Waals surface area contributed by atoms with Crippen molar-refractivity contribution in [1.29, 1.82) is 5.26 Å². The number of pyridine rings is 2. The lowest BCUT2D eigenvalue weighted by Crippen LogP contribution is -2.43. The Morgan fingerprint density at radius 2 is 1.92 bits per heavy atom. The van der Waals surface area contributed by atoms with Crippen LogP contribution >= 0.6 is 0 Å². The fraction of sp³-hybridized carbons (Fsp3) is 0.296. The maximum absolute atomic E-state index is 12.5. The van der Waals surface area contributed by atoms with Crippen LogP contribution in [0.1, 0.15) is 47.8 Å². The monoisotopic (exact) mass is 500 g/mol. The lowest BCUT2D eigenvalue weighted by Gasteiger charge is -2.39. The zero-order valence-electron chi connectivity index (χ0n) is 20.5. The molecule has 0 radical (unpaired) electrons. The molecular formula is C27H28N6O4. The number of carbonyl (C=O) groups excluding carboxylic acids is 2. The molecule has 190 valence electrons. The number of carbonyl (C=O) groups is 2. The number of aliphatic hydroxyl groups is 2. The molecule has 2 aromatic heterocycles. The van der Waals surface area contributed by atoms with E-state index in [0.29, 0.717) is 29.1 Å². The SMILES string of the molecule is CC(=O)N1c2ccc(-c3ccc(C(=O)NC(CO)CO)cn3)cc2[C@H](Nc2ccc(C#N)cn2)C[C@@H]1C. The van der Waals surface area contributed by atoms with Crippen LogP contribution in [0.5, 0.6) is 0 Å². The number of nitrogens with one attached hydrogen (secondary N) is 2. The van der Waals surface area contributed by atoms with Gasteiger partial charge in [0.05, 0.1) is 42.1 Å². The Hall–Kier alpha value is -4.33. The molecule has 0 saturated heterocycles. The fourth-order valence-corrected chi connectivity index (χ4v) is 4.48. The van der Waals surface area contributed by atoms with E-state index in [4.69, 9.17) is 5.26 Å². The van der Waals surface area contributed by atoms with Gasteiger partial charge in [-0.1, -0.05) is 6.07 Å². The summed E-state index contributed by atoms with van der Waals surface area (Å²) in [7, 11) is 0. The van der Waals surface area contributed by atoms with Gasteiger partial charge in [0.2, 0.25) is 5.91 Å². The molecule has 0 unspecified atom stereocenters. The smallest absolute Gasteiger partial charge is 0.253 e. The normalized spacial score (nSPS) is 16.6. The lowest BCUT2D eigenvalue weighted by atomic mass is 9.89. The molecule has 2 amide bonds. The van der Waals surface area contributed by atoms with E-state index in [1.165, 1.54) is 12.4 Å². The lowest BCUT2D eigenvalue weighted by molar-refractivity contribution is -0.117. The van der Waals surface area contributed by atoms with Gasteiger partial charge in [-0.25, -0.2) is 4.98 Å². The molecule has 4 N–H and O–H groups in total. The van der Waals surface area contributed by atoms with Crippen molar-refractivity contribution < 1.29 is 19.8 Å². The number of aromatic nitrogens is 2. The van der Waals surface area contributed by atoms with Crippen molar-refractivity contribution in [3.63, 3.8) is 0 Å². The van der Waals surface area contributed by atoms with E-state index < -0.39 is 11.9 Å². The summed E-state index contributed by atoms with van der Waals surface area (Å²) in [5.41, 5.74) is 3.94. The van der Waals surface area contributed by atoms with Crippen LogP contribution in [0, 0.1) is 11.3 Å². The number of fused-ring (bicyclic) bond motifs is 1. The standard InChI is InChI=1S/C27H28N6O4/c1-16-9-24(32-26-8-3-18(11-28)12-30-26)22-10-19(5-7-25(22)33(16)17(2)36)23-6-4-20(13-29-23)27(37)31-21(14-34)15-35/h3-8,10,12-13,16,21,24,34-35H,9,14-15H2,1-2H3,(H,30,32)(H,31,37)/t16-,24+/m0/s1. The van der Waals surface area contributed by atoms with Gasteiger partial charge < -0.3 is 25.7 Å². The first-order chi connectivity index (χ1) is 17.8. The summed E-state index contributed by atoms with van der Waals surface area (Å²) >= 11 is 0. The summed E-state index contributed by atoms with van der Waals surface area (Å²) in [6.45, 7) is 2.81. The number of amides is 2. The Bertz CT molecular complexity index is 1320. The summed E-state index contributed by atoms with van der Waals surface area (Å²) in [5.74, 6) is 0.137. The zero-order chi connectivity index (χ0) is 26.5. The molecule has 4 rings (SSSR count). The second kappa shape index (κ2) is 11.2. The first-order valence-electron chi connectivity index (χ1n) is 11.9. The molecule has 1 aromatic carbocycles. The summed E-state index contributed by atoms with van der Waals surface area (Å²) in [5, 5.41) is 33.4. The van der Waals surface area contributed by atoms with Crippen LogP contribution in [0.2, 0.25) is 0 Å². The molecule has 0 aliphatic carbocycles. The number of benzene rings is 1. The maximum atomic E-state index is 12.5. The molecule has 1 aliphatic rings. The Morgan fingerprint density at radius 1 is 1.14 bits per heavy atom. The minimum absolute atomic E-state index is 0.0377. The van der Waals surface area contributed by atoms with Crippen molar-refractivity contribution in [2.45, 2.75) is 38.4 Å². The minimum atomic E-state index is -0.741. The largest absolute Gasteiger partial charge is 0.394 e. The number of aliphatic hydroxyl groups excluding tert-OH is 2. The molecule has 2 atom stereocenters. The highest BCUT2D eigenvalue weighted by Crippen LogP contribution is 2.40. The van der Waals surface area contributed by atoms with Gasteiger partial charge in [0, 0.05) is 36.6 Å². The molecule has 37 heavy (non-hydrogen) atoms. The second-order valence-corrected chi connectivity index (χ2v) is 8.96. The number of rotatable bonds is 7. The average molecular weight is 501 g/mol. The zero-order valence-corrected chi connectivity index (χ0v) is 20.5. The Balaban J connectivity index is 1.65. The van der Waals surface area contributed by atoms with Crippen LogP contribution in [-0.4, -0.2) is 57.3 Å². The molecule has 10 heteroatoms. The van der Waals surface area contributed by atoms with Gasteiger partial charge in [-0.05, 0) is 55.3 Å². The quantitative estimate of drug-likeness (QED) is 0.386. The Labute approximate surface area is 214 Å². The average Bonchev–Trinajstić information content (AvgIpc) is 2.91. The number of nitrogens with zero attached hydrogens (tertiary/aromatic N) is 4. The molecule has 3 aromatic rings. The number of nitriles is 1. The summed E-state index contributed by atoms with van der Waals surface area (Å²) in [6, 6.07) is 13.7. The summed E-state index contributed by atoms with van der Waals surface area (Å²) < 4.78 is 0. The van der Waals surface area contributed by atoms with Gasteiger partial charge in [0.1, 0.15) is 11.9 Å². The molecule has 10 nitrogen and oxygen atoms in total. The van der Waals surface area contributed by atoms with E-state index in [0.717, 1.165) is 16.8 Å². The van der Waals surface area contributed by atoms with E-state index in [2.05, 4.69) is 26.7 Å². The molecule has 0 bridgehead atoms. The molecule has 0 fully saturated rings. The van der Waals surface area contributed by atoms with Crippen molar-refractivity contribution in [2.75, 3.05) is 23.4 Å². The third-order valence-corrected chi connectivity index (χ3v) is 6.33. The number of anilines is 2. The third-order valence-electron chi connectivity index (χ3n) is 6.33. The van der Waals surface area contributed by atoms with E-state index in [1.807, 2.05) is 25.1 Å². The Morgan fingerprint density at radius 3 is 2.51 bits per heavy atom. The first-order valence-corrected chi connectivity index (χ1v) is 11.9. The molecule has 3 heterocycles. The number of hydrogen-bond acceptors (Lipinski definition) is 8. The van der Waals surface area contributed by atoms with E-state index in [-0.39, 0.29) is 31.2 Å². The highest BCUT2D eigenvalue weighted by atomic mass is 16.3. The molecule has 0 spiro atoms. The third kappa shape index (κ3) is 5.58. The summed E-state index contributed by atoms with van der Waals surface area (Å²) in [6.07, 6.45) is 3.61. The van der Waals surface area contributed by atoms with Crippen molar-refractivity contribution in [2.24, 2.45) is 0 Å². The van der Waals surface area contributed by atoms with Crippen LogP contribution in [-0.2, 0) is 4.79 Å². The van der Waals surface area contributed by atoms with Crippen LogP contribution in [0.3, 0.4) is 0 Å². The van der Waals surface area contributed by atoms with Gasteiger partial charge in [-0.15, -0.1) is 0 Å². The van der Waals surface area contributed by atoms with Crippen LogP contribution in [0.15, 0.2) is 54.9 Å². The molecular weight excluding hydrogens is 472 g/mol. The highest BCUT2D eigenvalue weighted by Gasteiger charge is 2.33. The number of hydrogen-bond donors (Lipinski definition) is 4. The van der Waals surface area contributed by atoms with Crippen LogP contribution in [0.25, 0.3) is 11.3 Å². The van der Waals surface area contributed by atoms with Gasteiger partial charge in [-0.2, -0.15) is 5.26 Å². The van der Waals surface area contributed by atoms with E-state index >= 15 is 0 Å². The van der Waals surface area contributed by atoms with Gasteiger partial charge >= 0.3 is 0 Å². The van der Waals surface area contributed by atoms with E-state index in [9.17, 15) is 19.8 Å². The Kier molecular flexibility index (Phi) is 7.77. The maximum Gasteiger partial charge on any atom is 0.253 e. The molecule has 1 aliphatic heterocycles. The first kappa shape index (κ1) is 25.8. The van der Waals surface area contributed by atoms with Crippen LogP contribution < -0.4 is 15.5 Å².